The van der Waals surface area contributed by atoms with E-state index in [2.05, 4.69) is 4.98 Å². The van der Waals surface area contributed by atoms with E-state index in [9.17, 15) is 14.9 Å². The van der Waals surface area contributed by atoms with Gasteiger partial charge in [0.1, 0.15) is 6.33 Å². The number of nitro benzene ring substituents is 1. The molecule has 3 rings (SSSR count). The summed E-state index contributed by atoms with van der Waals surface area (Å²) in [5, 5.41) is 11.1. The quantitative estimate of drug-likeness (QED) is 0.548. The maximum atomic E-state index is 12.6. The van der Waals surface area contributed by atoms with Crippen molar-refractivity contribution in [2.75, 3.05) is 0 Å². The lowest BCUT2D eigenvalue weighted by Crippen LogP contribution is -2.13. The van der Waals surface area contributed by atoms with Crippen molar-refractivity contribution in [1.82, 2.24) is 9.55 Å². The minimum absolute atomic E-state index is 0.0442. The Morgan fingerprint density at radius 1 is 1.22 bits per heavy atom. The third-order valence-corrected chi connectivity index (χ3v) is 3.96. The number of rotatable bonds is 3. The maximum absolute atomic E-state index is 12.6. The molecule has 0 radical (unpaired) electrons. The van der Waals surface area contributed by atoms with Crippen LogP contribution < -0.4 is 0 Å². The van der Waals surface area contributed by atoms with Gasteiger partial charge in [-0.2, -0.15) is 0 Å². The molecule has 0 amide bonds. The first-order valence-corrected chi connectivity index (χ1v) is 7.17. The van der Waals surface area contributed by atoms with Crippen molar-refractivity contribution in [3.05, 3.63) is 69.5 Å². The molecular weight excluding hydrogens is 294 g/mol. The summed E-state index contributed by atoms with van der Waals surface area (Å²) in [6.07, 6.45) is 1.43. The molecule has 0 aliphatic rings. The Kier molecular flexibility index (Phi) is 3.65. The lowest BCUT2D eigenvalue weighted by atomic mass is 10.1. The molecule has 2 aromatic carbocycles. The van der Waals surface area contributed by atoms with Crippen LogP contribution in [0.2, 0.25) is 0 Å². The molecule has 0 aliphatic heterocycles. The van der Waals surface area contributed by atoms with Crippen LogP contribution in [0.5, 0.6) is 0 Å². The number of aromatic nitrogens is 2. The molecular formula is C17H15N3O3. The van der Waals surface area contributed by atoms with Gasteiger partial charge in [0.15, 0.2) is 0 Å². The highest BCUT2D eigenvalue weighted by molar-refractivity contribution is 5.92. The third kappa shape index (κ3) is 2.70. The highest BCUT2D eigenvalue weighted by Crippen LogP contribution is 2.21. The first-order valence-electron chi connectivity index (χ1n) is 7.17. The minimum atomic E-state index is -0.470. The number of fused-ring (bicyclic) bond motifs is 1. The van der Waals surface area contributed by atoms with Crippen molar-refractivity contribution >= 4 is 22.6 Å². The summed E-state index contributed by atoms with van der Waals surface area (Å²) in [6.45, 7) is 3.96. The number of aryl methyl sites for hydroxylation is 2. The number of benzene rings is 2. The molecule has 1 aromatic heterocycles. The van der Waals surface area contributed by atoms with Crippen molar-refractivity contribution < 1.29 is 9.72 Å². The van der Waals surface area contributed by atoms with Crippen LogP contribution in [0.25, 0.3) is 11.0 Å². The topological polar surface area (TPSA) is 78.0 Å². The predicted molar refractivity (Wildman–Crippen MR) is 86.6 cm³/mol. The van der Waals surface area contributed by atoms with E-state index in [0.717, 1.165) is 22.2 Å². The second kappa shape index (κ2) is 5.64. The molecule has 0 bridgehead atoms. The Bertz CT molecular complexity index is 928. The molecule has 0 saturated carbocycles. The number of nitro groups is 1. The first kappa shape index (κ1) is 14.9. The van der Waals surface area contributed by atoms with Crippen molar-refractivity contribution in [1.29, 1.82) is 0 Å². The molecule has 3 aromatic rings. The van der Waals surface area contributed by atoms with Crippen molar-refractivity contribution in [2.24, 2.45) is 0 Å². The molecule has 6 nitrogen and oxygen atoms in total. The number of imidazole rings is 1. The largest absolute Gasteiger partial charge is 0.274 e. The monoisotopic (exact) mass is 309 g/mol. The van der Waals surface area contributed by atoms with Gasteiger partial charge in [-0.1, -0.05) is 18.2 Å². The molecule has 0 aliphatic carbocycles. The highest BCUT2D eigenvalue weighted by atomic mass is 16.6. The van der Waals surface area contributed by atoms with Crippen LogP contribution >= 0.6 is 0 Å². The zero-order valence-corrected chi connectivity index (χ0v) is 12.8. The summed E-state index contributed by atoms with van der Waals surface area (Å²) in [4.78, 5) is 27.4. The fraction of sp³-hybridized carbons (Fsp3) is 0.176. The fourth-order valence-electron chi connectivity index (χ4n) is 2.55. The summed E-state index contributed by atoms with van der Waals surface area (Å²) in [5.41, 5.74) is 3.98. The minimum Gasteiger partial charge on any atom is -0.274 e. The smallest absolute Gasteiger partial charge is 0.273 e. The average molecular weight is 309 g/mol. The van der Waals surface area contributed by atoms with Crippen molar-refractivity contribution in [3.8, 4) is 0 Å². The molecule has 23 heavy (non-hydrogen) atoms. The van der Waals surface area contributed by atoms with Gasteiger partial charge in [-0.3, -0.25) is 19.5 Å². The van der Waals surface area contributed by atoms with Gasteiger partial charge in [0.05, 0.1) is 22.4 Å². The van der Waals surface area contributed by atoms with Crippen LogP contribution in [0.3, 0.4) is 0 Å². The van der Waals surface area contributed by atoms with E-state index in [-0.39, 0.29) is 18.0 Å². The number of carbonyl (C=O) groups is 1. The van der Waals surface area contributed by atoms with Gasteiger partial charge in [0.2, 0.25) is 5.91 Å². The van der Waals surface area contributed by atoms with Gasteiger partial charge in [-0.15, -0.1) is 0 Å². The molecule has 0 fully saturated rings. The Labute approximate surface area is 132 Å². The maximum Gasteiger partial charge on any atom is 0.273 e. The van der Waals surface area contributed by atoms with E-state index in [1.54, 1.807) is 18.2 Å². The Morgan fingerprint density at radius 2 is 1.91 bits per heavy atom. The second-order valence-electron chi connectivity index (χ2n) is 5.50. The van der Waals surface area contributed by atoms with E-state index in [0.29, 0.717) is 5.56 Å². The number of nitrogens with zero attached hydrogens (tertiary/aromatic N) is 3. The van der Waals surface area contributed by atoms with Crippen LogP contribution in [0, 0.1) is 24.0 Å². The van der Waals surface area contributed by atoms with E-state index in [4.69, 9.17) is 0 Å². The van der Waals surface area contributed by atoms with Crippen molar-refractivity contribution in [2.45, 2.75) is 20.3 Å². The Hall–Kier alpha value is -3.02. The first-order chi connectivity index (χ1) is 11.0. The molecule has 0 N–H and O–H groups in total. The molecule has 116 valence electrons. The lowest BCUT2D eigenvalue weighted by molar-refractivity contribution is -0.385. The fourth-order valence-corrected chi connectivity index (χ4v) is 2.55. The summed E-state index contributed by atoms with van der Waals surface area (Å²) in [5.74, 6) is -0.245. The van der Waals surface area contributed by atoms with Gasteiger partial charge in [-0.05, 0) is 37.1 Å². The normalized spacial score (nSPS) is 10.9. The van der Waals surface area contributed by atoms with Crippen LogP contribution in [-0.4, -0.2) is 20.4 Å². The number of hydrogen-bond acceptors (Lipinski definition) is 4. The van der Waals surface area contributed by atoms with E-state index in [1.807, 2.05) is 26.0 Å². The molecule has 6 heteroatoms. The zero-order valence-electron chi connectivity index (χ0n) is 12.8. The summed E-state index contributed by atoms with van der Waals surface area (Å²) >= 11 is 0. The van der Waals surface area contributed by atoms with Crippen LogP contribution in [0.1, 0.15) is 21.5 Å². The SMILES string of the molecule is Cc1cc2ncn(C(=O)Cc3ccccc3[N+](=O)[O-])c2cc1C. The third-order valence-electron chi connectivity index (χ3n) is 3.96. The summed E-state index contributed by atoms with van der Waals surface area (Å²) < 4.78 is 1.46. The van der Waals surface area contributed by atoms with Gasteiger partial charge >= 0.3 is 0 Å². The number of carbonyl (C=O) groups excluding carboxylic acids is 1. The highest BCUT2D eigenvalue weighted by Gasteiger charge is 2.18. The number of para-hydroxylation sites is 1. The summed E-state index contributed by atoms with van der Waals surface area (Å²) in [7, 11) is 0. The van der Waals surface area contributed by atoms with Crippen molar-refractivity contribution in [3.63, 3.8) is 0 Å². The summed E-state index contributed by atoms with van der Waals surface area (Å²) in [6, 6.07) is 10.1. The zero-order chi connectivity index (χ0) is 16.6. The molecule has 0 unspecified atom stereocenters. The van der Waals surface area contributed by atoms with Crippen LogP contribution in [0.15, 0.2) is 42.7 Å². The lowest BCUT2D eigenvalue weighted by Gasteiger charge is -2.06. The predicted octanol–water partition coefficient (Wildman–Crippen LogP) is 3.44. The second-order valence-corrected chi connectivity index (χ2v) is 5.50. The molecule has 0 atom stereocenters. The van der Waals surface area contributed by atoms with E-state index < -0.39 is 4.92 Å². The van der Waals surface area contributed by atoms with Crippen LogP contribution in [-0.2, 0) is 6.42 Å². The molecule has 0 saturated heterocycles. The van der Waals surface area contributed by atoms with Gasteiger partial charge < -0.3 is 0 Å². The average Bonchev–Trinajstić information content (AvgIpc) is 2.91. The molecule has 0 spiro atoms. The van der Waals surface area contributed by atoms with Gasteiger partial charge in [0.25, 0.3) is 5.69 Å². The Balaban J connectivity index is 1.99. The van der Waals surface area contributed by atoms with Gasteiger partial charge in [0, 0.05) is 11.6 Å². The van der Waals surface area contributed by atoms with E-state index >= 15 is 0 Å². The van der Waals surface area contributed by atoms with Gasteiger partial charge in [-0.25, -0.2) is 4.98 Å². The molecule has 1 heterocycles. The standard InChI is InChI=1S/C17H15N3O3/c1-11-7-14-16(8-12(11)2)19(10-18-14)17(21)9-13-5-3-4-6-15(13)20(22)23/h3-8,10H,9H2,1-2H3. The van der Waals surface area contributed by atoms with Crippen LogP contribution in [0.4, 0.5) is 5.69 Å². The Morgan fingerprint density at radius 3 is 2.65 bits per heavy atom. The number of hydrogen-bond donors (Lipinski definition) is 0. The van der Waals surface area contributed by atoms with E-state index in [1.165, 1.54) is 17.0 Å².